The Morgan fingerprint density at radius 3 is 2.93 bits per heavy atom. The third-order valence-electron chi connectivity index (χ3n) is 5.46. The molecule has 0 radical (unpaired) electrons. The zero-order valence-electron chi connectivity index (χ0n) is 16.5. The van der Waals surface area contributed by atoms with Gasteiger partial charge in [0, 0.05) is 43.8 Å². The van der Waals surface area contributed by atoms with E-state index >= 15 is 0 Å². The molecule has 7 nitrogen and oxygen atoms in total. The van der Waals surface area contributed by atoms with Gasteiger partial charge in [0.1, 0.15) is 17.0 Å². The number of imidazole rings is 1. The fourth-order valence-corrected chi connectivity index (χ4v) is 4.10. The number of benzene rings is 2. The molecule has 0 unspecified atom stereocenters. The number of rotatable bonds is 3. The predicted molar refractivity (Wildman–Crippen MR) is 113 cm³/mol. The van der Waals surface area contributed by atoms with E-state index < -0.39 is 5.82 Å². The zero-order chi connectivity index (χ0) is 20.8. The third kappa shape index (κ3) is 3.25. The number of halogens is 1. The molecule has 5 rings (SSSR count). The number of carbonyl (C=O) groups excluding carboxylic acids is 1. The number of para-hydroxylation sites is 1. The molecule has 0 atom stereocenters. The summed E-state index contributed by atoms with van der Waals surface area (Å²) in [6.07, 6.45) is 2.77. The van der Waals surface area contributed by atoms with Crippen LogP contribution in [-0.2, 0) is 24.3 Å². The van der Waals surface area contributed by atoms with Crippen LogP contribution < -0.4 is 11.1 Å². The van der Waals surface area contributed by atoms with E-state index in [9.17, 15) is 9.18 Å². The van der Waals surface area contributed by atoms with Gasteiger partial charge in [0.05, 0.1) is 5.69 Å². The maximum Gasteiger partial charge on any atom is 0.221 e. The van der Waals surface area contributed by atoms with Crippen LogP contribution in [0.2, 0.25) is 0 Å². The summed E-state index contributed by atoms with van der Waals surface area (Å²) in [5.41, 5.74) is 11.1. The number of nitrogen functional groups attached to an aromatic ring is 1. The second-order valence-electron chi connectivity index (χ2n) is 7.66. The van der Waals surface area contributed by atoms with Crippen molar-refractivity contribution in [2.45, 2.75) is 26.4 Å². The zero-order valence-corrected chi connectivity index (χ0v) is 16.5. The Balaban J connectivity index is 1.41. The minimum absolute atomic E-state index is 0.0691. The van der Waals surface area contributed by atoms with Crippen molar-refractivity contribution in [1.29, 1.82) is 0 Å². The Labute approximate surface area is 172 Å². The number of nitrogens with one attached hydrogen (secondary N) is 1. The lowest BCUT2D eigenvalue weighted by Gasteiger charge is -2.28. The number of hydrogen-bond donors (Lipinski definition) is 2. The largest absolute Gasteiger partial charge is 0.369 e. The Morgan fingerprint density at radius 2 is 2.10 bits per heavy atom. The summed E-state index contributed by atoms with van der Waals surface area (Å²) < 4.78 is 15.8. The van der Waals surface area contributed by atoms with Crippen LogP contribution in [0, 0.1) is 5.82 Å². The second-order valence-corrected chi connectivity index (χ2v) is 7.66. The van der Waals surface area contributed by atoms with E-state index in [0.717, 1.165) is 30.9 Å². The summed E-state index contributed by atoms with van der Waals surface area (Å²) in [5, 5.41) is 3.48. The second kappa shape index (κ2) is 7.07. The molecule has 3 N–H and O–H groups in total. The van der Waals surface area contributed by atoms with E-state index in [0.29, 0.717) is 17.6 Å². The Morgan fingerprint density at radius 1 is 1.23 bits per heavy atom. The summed E-state index contributed by atoms with van der Waals surface area (Å²) in [6.45, 7) is 3.85. The molecule has 30 heavy (non-hydrogen) atoms. The van der Waals surface area contributed by atoms with Crippen molar-refractivity contribution < 1.29 is 9.18 Å². The van der Waals surface area contributed by atoms with Crippen LogP contribution in [0.4, 0.5) is 16.0 Å². The number of nitrogens with two attached hydrogens (primary N) is 1. The number of nitrogens with zero attached hydrogens (tertiary/aromatic N) is 4. The first-order valence-electron chi connectivity index (χ1n) is 9.81. The van der Waals surface area contributed by atoms with Gasteiger partial charge in [-0.2, -0.15) is 0 Å². The first-order valence-corrected chi connectivity index (χ1v) is 9.81. The van der Waals surface area contributed by atoms with Crippen molar-refractivity contribution in [3.8, 4) is 0 Å². The Bertz CT molecular complexity index is 1300. The van der Waals surface area contributed by atoms with Gasteiger partial charge in [0.15, 0.2) is 0 Å². The number of hydrogen-bond acceptors (Lipinski definition) is 5. The molecule has 8 heteroatoms. The Kier molecular flexibility index (Phi) is 4.36. The first-order chi connectivity index (χ1) is 14.5. The highest BCUT2D eigenvalue weighted by atomic mass is 19.1. The standard InChI is InChI=1S/C22H21FN6O/c1-13(30)25-16-6-5-15-10-28(8-7-14(15)9-16)11-17-12-29-21(26-17)18-3-2-4-19(23)20(18)27-22(29)24/h2-6,9,12H,7-8,10-11H2,1H3,(H2,24,27)(H,25,30). The molecule has 152 valence electrons. The van der Waals surface area contributed by atoms with Crippen LogP contribution in [0.5, 0.6) is 0 Å². The summed E-state index contributed by atoms with van der Waals surface area (Å²) in [5.74, 6) is -0.256. The lowest BCUT2D eigenvalue weighted by molar-refractivity contribution is -0.114. The summed E-state index contributed by atoms with van der Waals surface area (Å²) in [4.78, 5) is 22.5. The molecule has 2 aromatic heterocycles. The van der Waals surface area contributed by atoms with Gasteiger partial charge in [0.2, 0.25) is 11.9 Å². The van der Waals surface area contributed by atoms with Crippen LogP contribution in [0.1, 0.15) is 23.7 Å². The van der Waals surface area contributed by atoms with Crippen LogP contribution in [-0.4, -0.2) is 31.7 Å². The van der Waals surface area contributed by atoms with Crippen molar-refractivity contribution in [2.75, 3.05) is 17.6 Å². The van der Waals surface area contributed by atoms with Gasteiger partial charge in [-0.25, -0.2) is 14.4 Å². The highest BCUT2D eigenvalue weighted by molar-refractivity contribution is 5.92. The van der Waals surface area contributed by atoms with Crippen LogP contribution >= 0.6 is 0 Å². The molecule has 0 fully saturated rings. The highest BCUT2D eigenvalue weighted by Crippen LogP contribution is 2.26. The minimum atomic E-state index is -0.405. The number of fused-ring (bicyclic) bond motifs is 4. The van der Waals surface area contributed by atoms with Gasteiger partial charge in [-0.3, -0.25) is 14.1 Å². The van der Waals surface area contributed by atoms with E-state index in [-0.39, 0.29) is 17.4 Å². The van der Waals surface area contributed by atoms with Gasteiger partial charge in [0.25, 0.3) is 0 Å². The fourth-order valence-electron chi connectivity index (χ4n) is 4.10. The molecule has 0 saturated carbocycles. The number of carbonyl (C=O) groups is 1. The van der Waals surface area contributed by atoms with E-state index in [1.165, 1.54) is 24.1 Å². The molecular weight excluding hydrogens is 383 g/mol. The molecule has 0 bridgehead atoms. The molecule has 1 aliphatic rings. The van der Waals surface area contributed by atoms with Crippen molar-refractivity contribution in [3.63, 3.8) is 0 Å². The van der Waals surface area contributed by atoms with Crippen LogP contribution in [0.15, 0.2) is 42.6 Å². The molecule has 4 aromatic rings. The quantitative estimate of drug-likeness (QED) is 0.548. The minimum Gasteiger partial charge on any atom is -0.369 e. The first kappa shape index (κ1) is 18.5. The van der Waals surface area contributed by atoms with Crippen molar-refractivity contribution in [2.24, 2.45) is 0 Å². The molecule has 0 saturated heterocycles. The normalized spacial score (nSPS) is 14.2. The van der Waals surface area contributed by atoms with Gasteiger partial charge >= 0.3 is 0 Å². The lowest BCUT2D eigenvalue weighted by atomic mass is 9.99. The maximum atomic E-state index is 14.1. The van der Waals surface area contributed by atoms with Gasteiger partial charge in [-0.1, -0.05) is 12.1 Å². The number of amides is 1. The average Bonchev–Trinajstić information content (AvgIpc) is 3.13. The fraction of sp³-hybridized carbons (Fsp3) is 0.227. The van der Waals surface area contributed by atoms with E-state index in [2.05, 4.69) is 21.3 Å². The van der Waals surface area contributed by atoms with Crippen molar-refractivity contribution in [1.82, 2.24) is 19.3 Å². The van der Waals surface area contributed by atoms with Gasteiger partial charge in [-0.05, 0) is 41.8 Å². The summed E-state index contributed by atoms with van der Waals surface area (Å²) >= 11 is 0. The van der Waals surface area contributed by atoms with Gasteiger partial charge in [-0.15, -0.1) is 0 Å². The predicted octanol–water partition coefficient (Wildman–Crippen LogP) is 3.12. The van der Waals surface area contributed by atoms with E-state index in [1.807, 2.05) is 18.3 Å². The Hall–Kier alpha value is -3.52. The van der Waals surface area contributed by atoms with Crippen LogP contribution in [0.3, 0.4) is 0 Å². The monoisotopic (exact) mass is 404 g/mol. The molecular formula is C22H21FN6O. The van der Waals surface area contributed by atoms with Gasteiger partial charge < -0.3 is 11.1 Å². The molecule has 0 aliphatic carbocycles. The molecule has 1 amide bonds. The average molecular weight is 404 g/mol. The maximum absolute atomic E-state index is 14.1. The van der Waals surface area contributed by atoms with Crippen molar-refractivity contribution in [3.05, 3.63) is 65.2 Å². The third-order valence-corrected chi connectivity index (χ3v) is 5.46. The van der Waals surface area contributed by atoms with Crippen LogP contribution in [0.25, 0.3) is 16.6 Å². The van der Waals surface area contributed by atoms with E-state index in [4.69, 9.17) is 10.7 Å². The summed E-state index contributed by atoms with van der Waals surface area (Å²) in [7, 11) is 0. The number of aromatic nitrogens is 3. The molecule has 0 spiro atoms. The molecule has 3 heterocycles. The smallest absolute Gasteiger partial charge is 0.221 e. The lowest BCUT2D eigenvalue weighted by Crippen LogP contribution is -2.30. The van der Waals surface area contributed by atoms with Crippen molar-refractivity contribution >= 4 is 34.1 Å². The highest BCUT2D eigenvalue weighted by Gasteiger charge is 2.19. The molecule has 2 aromatic carbocycles. The topological polar surface area (TPSA) is 88.5 Å². The van der Waals surface area contributed by atoms with E-state index in [1.54, 1.807) is 16.5 Å². The number of anilines is 2. The molecule has 1 aliphatic heterocycles. The SMILES string of the molecule is CC(=O)Nc1ccc2c(c1)CCN(Cc1cn3c(N)nc4c(F)cccc4c3n1)C2. The summed E-state index contributed by atoms with van der Waals surface area (Å²) in [6, 6.07) is 10.9.